The first-order valence-corrected chi connectivity index (χ1v) is 7.63. The summed E-state index contributed by atoms with van der Waals surface area (Å²) in [5, 5.41) is 0. The van der Waals surface area contributed by atoms with Gasteiger partial charge in [-0.05, 0) is 49.8 Å². The zero-order chi connectivity index (χ0) is 18.3. The molecule has 1 fully saturated rings. The molecule has 1 saturated heterocycles. The average molecular weight is 352 g/mol. The van der Waals surface area contributed by atoms with Crippen molar-refractivity contribution in [2.75, 3.05) is 0 Å². The maximum atomic E-state index is 13.9. The lowest BCUT2D eigenvalue weighted by Crippen LogP contribution is -2.44. The molecule has 0 N–H and O–H groups in total. The topological polar surface area (TPSA) is 18.5 Å². The van der Waals surface area contributed by atoms with Crippen molar-refractivity contribution in [3.8, 4) is 0 Å². The predicted molar refractivity (Wildman–Crippen MR) is 84.8 cm³/mol. The highest BCUT2D eigenvalue weighted by Crippen LogP contribution is 2.54. The second-order valence-corrected chi connectivity index (χ2v) is 6.25. The Morgan fingerprint density at radius 1 is 0.920 bits per heavy atom. The minimum Gasteiger partial charge on any atom is -0.451 e. The van der Waals surface area contributed by atoms with Crippen LogP contribution in [0.5, 0.6) is 0 Å². The summed E-state index contributed by atoms with van der Waals surface area (Å²) in [7, 11) is 0. The molecule has 0 bridgehead atoms. The Morgan fingerprint density at radius 3 is 2.08 bits per heavy atom. The highest BCUT2D eigenvalue weighted by molar-refractivity contribution is 5.54. The van der Waals surface area contributed by atoms with Gasteiger partial charge in [-0.2, -0.15) is 13.2 Å². The van der Waals surface area contributed by atoms with Crippen LogP contribution in [0.3, 0.4) is 0 Å². The van der Waals surface area contributed by atoms with E-state index in [1.165, 1.54) is 19.9 Å². The minimum absolute atomic E-state index is 0.0420. The second kappa shape index (κ2) is 5.88. The Bertz CT molecular complexity index is 779. The molecule has 2 aromatic carbocycles. The Labute approximate surface area is 142 Å². The lowest BCUT2D eigenvalue weighted by molar-refractivity contribution is -0.360. The van der Waals surface area contributed by atoms with Gasteiger partial charge in [-0.15, -0.1) is 0 Å². The molecule has 0 aromatic heterocycles. The van der Waals surface area contributed by atoms with E-state index in [9.17, 15) is 17.6 Å². The van der Waals surface area contributed by atoms with Gasteiger partial charge in [0.2, 0.25) is 0 Å². The fourth-order valence-electron chi connectivity index (χ4n) is 2.68. The molecule has 0 radical (unpaired) electrons. The summed E-state index contributed by atoms with van der Waals surface area (Å²) in [6.45, 7) is 3.00. The average Bonchev–Trinajstić information content (AvgIpc) is 2.81. The first kappa shape index (κ1) is 17.5. The van der Waals surface area contributed by atoms with E-state index in [-0.39, 0.29) is 11.3 Å². The van der Waals surface area contributed by atoms with Gasteiger partial charge < -0.3 is 9.47 Å². The number of ether oxygens (including phenoxy) is 2. The lowest BCUT2D eigenvalue weighted by atomic mass is 10.0. The number of hydrogen-bond donors (Lipinski definition) is 0. The molecule has 2 nitrogen and oxygen atoms in total. The maximum absolute atomic E-state index is 13.9. The van der Waals surface area contributed by atoms with Gasteiger partial charge in [0.1, 0.15) is 17.2 Å². The van der Waals surface area contributed by atoms with Gasteiger partial charge in [0.05, 0.1) is 0 Å². The van der Waals surface area contributed by atoms with Crippen molar-refractivity contribution >= 4 is 6.08 Å². The third-order valence-electron chi connectivity index (χ3n) is 3.94. The number of hydrogen-bond acceptors (Lipinski definition) is 2. The van der Waals surface area contributed by atoms with E-state index in [2.05, 4.69) is 0 Å². The smallest absolute Gasteiger partial charge is 0.451 e. The van der Waals surface area contributed by atoms with Crippen molar-refractivity contribution in [3.63, 3.8) is 0 Å². The molecular weight excluding hydrogens is 336 g/mol. The molecule has 132 valence electrons. The SMILES string of the molecule is CC1(C)O[C@@](c2ccc(F)cc2)(C(F)(F)F)O/C1=C\c1ccccc1. The fourth-order valence-corrected chi connectivity index (χ4v) is 2.68. The van der Waals surface area contributed by atoms with Crippen molar-refractivity contribution in [3.05, 3.63) is 77.3 Å². The quantitative estimate of drug-likeness (QED) is 0.673. The lowest BCUT2D eigenvalue weighted by Gasteiger charge is -2.30. The number of halogens is 4. The molecule has 3 rings (SSSR count). The molecule has 1 heterocycles. The van der Waals surface area contributed by atoms with Gasteiger partial charge in [-0.3, -0.25) is 0 Å². The molecule has 6 heteroatoms. The van der Waals surface area contributed by atoms with Crippen LogP contribution in [0, 0.1) is 5.82 Å². The normalized spacial score (nSPS) is 24.3. The van der Waals surface area contributed by atoms with Crippen molar-refractivity contribution < 1.29 is 27.0 Å². The Balaban J connectivity index is 2.10. The first-order valence-electron chi connectivity index (χ1n) is 7.63. The van der Waals surface area contributed by atoms with Crippen LogP contribution in [0.15, 0.2) is 60.4 Å². The van der Waals surface area contributed by atoms with Crippen LogP contribution in [0.25, 0.3) is 6.08 Å². The molecule has 0 aliphatic carbocycles. The van der Waals surface area contributed by atoms with E-state index < -0.39 is 23.4 Å². The predicted octanol–water partition coefficient (Wildman–Crippen LogP) is 5.41. The molecular formula is C19H16F4O2. The summed E-state index contributed by atoms with van der Waals surface area (Å²) < 4.78 is 65.5. The summed E-state index contributed by atoms with van der Waals surface area (Å²) in [5.74, 6) is -3.58. The largest absolute Gasteiger partial charge is 0.460 e. The molecule has 0 spiro atoms. The Morgan fingerprint density at radius 2 is 1.52 bits per heavy atom. The van der Waals surface area contributed by atoms with Gasteiger partial charge in [-0.25, -0.2) is 4.39 Å². The van der Waals surface area contributed by atoms with Crippen LogP contribution in [-0.4, -0.2) is 11.8 Å². The molecule has 25 heavy (non-hydrogen) atoms. The van der Waals surface area contributed by atoms with Gasteiger partial charge in [0.25, 0.3) is 0 Å². The highest BCUT2D eigenvalue weighted by atomic mass is 19.4. The van der Waals surface area contributed by atoms with Crippen molar-refractivity contribution in [1.29, 1.82) is 0 Å². The van der Waals surface area contributed by atoms with E-state index in [0.717, 1.165) is 24.3 Å². The van der Waals surface area contributed by atoms with Crippen molar-refractivity contribution in [2.45, 2.75) is 31.4 Å². The van der Waals surface area contributed by atoms with Crippen LogP contribution < -0.4 is 0 Å². The summed E-state index contributed by atoms with van der Waals surface area (Å²) in [6, 6.07) is 12.8. The van der Waals surface area contributed by atoms with E-state index in [1.807, 2.05) is 0 Å². The number of benzene rings is 2. The second-order valence-electron chi connectivity index (χ2n) is 6.25. The Kier molecular flexibility index (Phi) is 4.11. The van der Waals surface area contributed by atoms with Crippen LogP contribution in [0.1, 0.15) is 25.0 Å². The molecule has 0 saturated carbocycles. The summed E-state index contributed by atoms with van der Waals surface area (Å²) in [5.41, 5.74) is -0.947. The summed E-state index contributed by atoms with van der Waals surface area (Å²) in [4.78, 5) is 0. The van der Waals surface area contributed by atoms with E-state index in [1.54, 1.807) is 30.3 Å². The first-order chi connectivity index (χ1) is 11.6. The monoisotopic (exact) mass is 352 g/mol. The Hall–Kier alpha value is -2.34. The van der Waals surface area contributed by atoms with Crippen LogP contribution in [0.4, 0.5) is 17.6 Å². The van der Waals surface area contributed by atoms with Crippen LogP contribution >= 0.6 is 0 Å². The van der Waals surface area contributed by atoms with Crippen molar-refractivity contribution in [1.82, 2.24) is 0 Å². The summed E-state index contributed by atoms with van der Waals surface area (Å²) >= 11 is 0. The minimum atomic E-state index is -4.85. The zero-order valence-electron chi connectivity index (χ0n) is 13.6. The van der Waals surface area contributed by atoms with E-state index in [0.29, 0.717) is 5.56 Å². The maximum Gasteiger partial charge on any atom is 0.460 e. The molecule has 2 aromatic rings. The fraction of sp³-hybridized carbons (Fsp3) is 0.263. The van der Waals surface area contributed by atoms with Gasteiger partial charge in [0, 0.05) is 5.56 Å². The van der Waals surface area contributed by atoms with Crippen molar-refractivity contribution in [2.24, 2.45) is 0 Å². The third kappa shape index (κ3) is 3.14. The van der Waals surface area contributed by atoms with Crippen LogP contribution in [-0.2, 0) is 15.3 Å². The van der Waals surface area contributed by atoms with Gasteiger partial charge in [-0.1, -0.05) is 30.3 Å². The standard InChI is InChI=1S/C19H16F4O2/c1-17(2)16(12-13-6-4-3-5-7-13)24-18(25-17,19(21,22)23)14-8-10-15(20)11-9-14/h3-12H,1-2H3/b16-12-/t18-/m0/s1. The molecule has 1 aliphatic rings. The van der Waals surface area contributed by atoms with Gasteiger partial charge >= 0.3 is 12.0 Å². The summed E-state index contributed by atoms with van der Waals surface area (Å²) in [6.07, 6.45) is -3.34. The molecule has 0 unspecified atom stereocenters. The molecule has 1 aliphatic heterocycles. The highest BCUT2D eigenvalue weighted by Gasteiger charge is 2.67. The number of rotatable bonds is 2. The van der Waals surface area contributed by atoms with E-state index in [4.69, 9.17) is 9.47 Å². The van der Waals surface area contributed by atoms with Gasteiger partial charge in [0.15, 0.2) is 0 Å². The van der Waals surface area contributed by atoms with E-state index >= 15 is 0 Å². The molecule has 0 amide bonds. The zero-order valence-corrected chi connectivity index (χ0v) is 13.6. The third-order valence-corrected chi connectivity index (χ3v) is 3.94. The molecule has 1 atom stereocenters. The van der Waals surface area contributed by atoms with Crippen LogP contribution in [0.2, 0.25) is 0 Å². The number of alkyl halides is 3.